The predicted molar refractivity (Wildman–Crippen MR) is 76.5 cm³/mol. The Morgan fingerprint density at radius 2 is 2.05 bits per heavy atom. The number of piperidine rings is 2. The molecule has 2 saturated heterocycles. The van der Waals surface area contributed by atoms with Gasteiger partial charge in [-0.15, -0.1) is 0 Å². The smallest absolute Gasteiger partial charge is 0.236 e. The molecule has 0 spiro atoms. The van der Waals surface area contributed by atoms with Crippen molar-refractivity contribution in [1.82, 2.24) is 9.80 Å². The van der Waals surface area contributed by atoms with Crippen molar-refractivity contribution in [2.24, 2.45) is 0 Å². The third-order valence-electron chi connectivity index (χ3n) is 4.05. The number of ether oxygens (including phenoxy) is 1. The molecule has 5 heteroatoms. The van der Waals surface area contributed by atoms with Gasteiger partial charge in [-0.1, -0.05) is 6.92 Å². The summed E-state index contributed by atoms with van der Waals surface area (Å²) >= 11 is 0. The fraction of sp³-hybridized carbons (Fsp3) is 0.867. The second kappa shape index (κ2) is 7.74. The quantitative estimate of drug-likeness (QED) is 0.757. The first-order chi connectivity index (χ1) is 9.69. The van der Waals surface area contributed by atoms with Gasteiger partial charge in [-0.05, 0) is 25.8 Å². The minimum absolute atomic E-state index is 0.161. The normalized spacial score (nSPS) is 24.9. The van der Waals surface area contributed by atoms with Crippen molar-refractivity contribution in [3.05, 3.63) is 0 Å². The molecule has 0 N–H and O–H groups in total. The molecule has 0 aliphatic carbocycles. The fourth-order valence-electron chi connectivity index (χ4n) is 2.87. The van der Waals surface area contributed by atoms with Crippen LogP contribution in [0.25, 0.3) is 0 Å². The largest absolute Gasteiger partial charge is 0.377 e. The van der Waals surface area contributed by atoms with Crippen molar-refractivity contribution in [1.29, 1.82) is 0 Å². The number of likely N-dealkylation sites (tertiary alicyclic amines) is 2. The highest BCUT2D eigenvalue weighted by molar-refractivity contribution is 5.84. The number of hydrogen-bond acceptors (Lipinski definition) is 4. The summed E-state index contributed by atoms with van der Waals surface area (Å²) in [6.07, 6.45) is 4.56. The van der Waals surface area contributed by atoms with E-state index < -0.39 is 0 Å². The molecular weight excluding hydrogens is 256 g/mol. The van der Waals surface area contributed by atoms with Crippen LogP contribution in [0.4, 0.5) is 0 Å². The number of carbonyl (C=O) groups excluding carboxylic acids is 2. The van der Waals surface area contributed by atoms with Gasteiger partial charge in [-0.2, -0.15) is 0 Å². The van der Waals surface area contributed by atoms with Crippen LogP contribution < -0.4 is 0 Å². The summed E-state index contributed by atoms with van der Waals surface area (Å²) in [5.74, 6) is 0.439. The molecule has 2 heterocycles. The maximum Gasteiger partial charge on any atom is 0.236 e. The van der Waals surface area contributed by atoms with Gasteiger partial charge in [-0.3, -0.25) is 14.5 Å². The summed E-state index contributed by atoms with van der Waals surface area (Å²) in [6.45, 7) is 6.42. The summed E-state index contributed by atoms with van der Waals surface area (Å²) in [6, 6.07) is 0. The van der Waals surface area contributed by atoms with E-state index in [2.05, 4.69) is 11.8 Å². The molecule has 0 saturated carbocycles. The van der Waals surface area contributed by atoms with Crippen molar-refractivity contribution in [3.8, 4) is 0 Å². The zero-order valence-electron chi connectivity index (χ0n) is 12.5. The van der Waals surface area contributed by atoms with Gasteiger partial charge in [0.15, 0.2) is 0 Å². The highest BCUT2D eigenvalue weighted by atomic mass is 16.5. The average Bonchev–Trinajstić information content (AvgIpc) is 2.46. The van der Waals surface area contributed by atoms with E-state index in [4.69, 9.17) is 4.74 Å². The molecule has 1 unspecified atom stereocenters. The van der Waals surface area contributed by atoms with Crippen LogP contribution in [0, 0.1) is 0 Å². The Morgan fingerprint density at radius 1 is 1.30 bits per heavy atom. The molecule has 2 fully saturated rings. The zero-order chi connectivity index (χ0) is 14.4. The second-order valence-electron chi connectivity index (χ2n) is 5.79. The van der Waals surface area contributed by atoms with Crippen LogP contribution in [-0.4, -0.2) is 66.9 Å². The summed E-state index contributed by atoms with van der Waals surface area (Å²) in [5.41, 5.74) is 0. The SMILES string of the molecule is CCCOC1CCCN(CC(=O)N2CCC(=O)CC2)C1. The van der Waals surface area contributed by atoms with Gasteiger partial charge in [0.2, 0.25) is 5.91 Å². The van der Waals surface area contributed by atoms with Crippen LogP contribution >= 0.6 is 0 Å². The van der Waals surface area contributed by atoms with Crippen LogP contribution in [0.3, 0.4) is 0 Å². The van der Waals surface area contributed by atoms with Crippen molar-refractivity contribution in [3.63, 3.8) is 0 Å². The number of hydrogen-bond donors (Lipinski definition) is 0. The number of Topliss-reactive ketones (excluding diaryl/α,β-unsaturated/α-hetero) is 1. The van der Waals surface area contributed by atoms with E-state index in [-0.39, 0.29) is 17.8 Å². The Morgan fingerprint density at radius 3 is 2.75 bits per heavy atom. The van der Waals surface area contributed by atoms with Crippen LogP contribution in [0.1, 0.15) is 39.0 Å². The van der Waals surface area contributed by atoms with Gasteiger partial charge in [0.25, 0.3) is 0 Å². The monoisotopic (exact) mass is 282 g/mol. The van der Waals surface area contributed by atoms with Crippen LogP contribution in [-0.2, 0) is 14.3 Å². The van der Waals surface area contributed by atoms with Gasteiger partial charge in [-0.25, -0.2) is 0 Å². The Balaban J connectivity index is 1.74. The lowest BCUT2D eigenvalue weighted by atomic mass is 10.1. The van der Waals surface area contributed by atoms with Gasteiger partial charge in [0.1, 0.15) is 5.78 Å². The molecule has 0 aromatic carbocycles. The standard InChI is InChI=1S/C15H26N2O3/c1-2-10-20-14-4-3-7-16(11-14)12-15(19)17-8-5-13(18)6-9-17/h14H,2-12H2,1H3. The molecule has 20 heavy (non-hydrogen) atoms. The molecule has 2 rings (SSSR count). The Labute approximate surface area is 121 Å². The first-order valence-corrected chi connectivity index (χ1v) is 7.82. The lowest BCUT2D eigenvalue weighted by Crippen LogP contribution is -2.48. The molecule has 2 aliphatic rings. The van der Waals surface area contributed by atoms with Crippen molar-refractivity contribution in [2.75, 3.05) is 39.3 Å². The summed E-state index contributed by atoms with van der Waals surface area (Å²) in [4.78, 5) is 27.5. The zero-order valence-corrected chi connectivity index (χ0v) is 12.5. The lowest BCUT2D eigenvalue weighted by Gasteiger charge is -2.34. The first-order valence-electron chi connectivity index (χ1n) is 7.82. The van der Waals surface area contributed by atoms with E-state index >= 15 is 0 Å². The van der Waals surface area contributed by atoms with Crippen molar-refractivity contribution in [2.45, 2.75) is 45.1 Å². The molecule has 0 bridgehead atoms. The maximum atomic E-state index is 12.2. The molecule has 2 aliphatic heterocycles. The maximum absolute atomic E-state index is 12.2. The summed E-state index contributed by atoms with van der Waals surface area (Å²) in [7, 11) is 0. The van der Waals surface area contributed by atoms with Crippen molar-refractivity contribution < 1.29 is 14.3 Å². The minimum atomic E-state index is 0.161. The number of ketones is 1. The molecule has 0 radical (unpaired) electrons. The van der Waals surface area contributed by atoms with E-state index in [1.54, 1.807) is 0 Å². The van der Waals surface area contributed by atoms with E-state index in [1.807, 2.05) is 4.90 Å². The topological polar surface area (TPSA) is 49.9 Å². The fourth-order valence-corrected chi connectivity index (χ4v) is 2.87. The molecule has 114 valence electrons. The molecule has 5 nitrogen and oxygen atoms in total. The third kappa shape index (κ3) is 4.56. The average molecular weight is 282 g/mol. The van der Waals surface area contributed by atoms with Crippen LogP contribution in [0.2, 0.25) is 0 Å². The lowest BCUT2D eigenvalue weighted by molar-refractivity contribution is -0.136. The molecule has 1 amide bonds. The highest BCUT2D eigenvalue weighted by Gasteiger charge is 2.25. The number of carbonyl (C=O) groups is 2. The molecular formula is C15H26N2O3. The van der Waals surface area contributed by atoms with Gasteiger partial charge < -0.3 is 9.64 Å². The molecule has 1 atom stereocenters. The second-order valence-corrected chi connectivity index (χ2v) is 5.79. The Kier molecular flexibility index (Phi) is 5.98. The number of rotatable bonds is 5. The minimum Gasteiger partial charge on any atom is -0.377 e. The van der Waals surface area contributed by atoms with Crippen LogP contribution in [0.15, 0.2) is 0 Å². The summed E-state index contributed by atoms with van der Waals surface area (Å²) in [5, 5.41) is 0. The predicted octanol–water partition coefficient (Wildman–Crippen LogP) is 1.07. The van der Waals surface area contributed by atoms with E-state index in [0.717, 1.165) is 39.0 Å². The molecule has 0 aromatic rings. The van der Waals surface area contributed by atoms with Crippen LogP contribution in [0.5, 0.6) is 0 Å². The third-order valence-corrected chi connectivity index (χ3v) is 4.05. The Bertz CT molecular complexity index is 336. The molecule has 0 aromatic heterocycles. The van der Waals surface area contributed by atoms with Gasteiger partial charge in [0, 0.05) is 39.1 Å². The van der Waals surface area contributed by atoms with E-state index in [1.165, 1.54) is 0 Å². The van der Waals surface area contributed by atoms with Gasteiger partial charge >= 0.3 is 0 Å². The van der Waals surface area contributed by atoms with Crippen molar-refractivity contribution >= 4 is 11.7 Å². The first kappa shape index (κ1) is 15.4. The van der Waals surface area contributed by atoms with Gasteiger partial charge in [0.05, 0.1) is 12.6 Å². The van der Waals surface area contributed by atoms with E-state index in [0.29, 0.717) is 32.5 Å². The summed E-state index contributed by atoms with van der Waals surface area (Å²) < 4.78 is 5.79. The highest BCUT2D eigenvalue weighted by Crippen LogP contribution is 2.14. The number of nitrogens with zero attached hydrogens (tertiary/aromatic N) is 2. The Hall–Kier alpha value is -0.940. The van der Waals surface area contributed by atoms with E-state index in [9.17, 15) is 9.59 Å². The number of amides is 1.